The normalized spacial score (nSPS) is 23.1. The summed E-state index contributed by atoms with van der Waals surface area (Å²) in [7, 11) is 1.52. The first-order chi connectivity index (χ1) is 8.45. The second-order valence-electron chi connectivity index (χ2n) is 3.74. The van der Waals surface area contributed by atoms with Gasteiger partial charge in [0.25, 0.3) is 0 Å². The molecule has 1 aliphatic rings. The molecule has 0 aliphatic carbocycles. The Morgan fingerprint density at radius 1 is 1.22 bits per heavy atom. The van der Waals surface area contributed by atoms with Crippen molar-refractivity contribution in [3.63, 3.8) is 0 Å². The van der Waals surface area contributed by atoms with Crippen LogP contribution >= 0.6 is 43.5 Å². The Labute approximate surface area is 125 Å². The lowest BCUT2D eigenvalue weighted by Crippen LogP contribution is -2.22. The van der Waals surface area contributed by atoms with E-state index in [0.29, 0.717) is 15.8 Å². The highest BCUT2D eigenvalue weighted by atomic mass is 79.9. The number of halogens is 3. The van der Waals surface area contributed by atoms with Gasteiger partial charge in [0, 0.05) is 4.47 Å². The topological polar surface area (TPSA) is 55.4 Å². The molecule has 2 amide bonds. The molecule has 1 saturated heterocycles. The van der Waals surface area contributed by atoms with Crippen molar-refractivity contribution in [2.45, 2.75) is 11.3 Å². The molecule has 0 bridgehead atoms. The zero-order valence-electron chi connectivity index (χ0n) is 9.17. The van der Waals surface area contributed by atoms with Crippen LogP contribution in [0.5, 0.6) is 5.75 Å². The van der Waals surface area contributed by atoms with Crippen LogP contribution in [0.25, 0.3) is 0 Å². The van der Waals surface area contributed by atoms with E-state index < -0.39 is 23.1 Å². The molecule has 0 spiro atoms. The van der Waals surface area contributed by atoms with Gasteiger partial charge < -0.3 is 4.74 Å². The van der Waals surface area contributed by atoms with Crippen molar-refractivity contribution < 1.29 is 14.3 Å². The van der Waals surface area contributed by atoms with Gasteiger partial charge in [-0.25, -0.2) is 0 Å². The Balaban J connectivity index is 2.51. The maximum absolute atomic E-state index is 11.7. The lowest BCUT2D eigenvalue weighted by molar-refractivity contribution is -0.125. The van der Waals surface area contributed by atoms with Crippen molar-refractivity contribution in [2.75, 3.05) is 7.11 Å². The molecule has 7 heteroatoms. The third-order valence-electron chi connectivity index (χ3n) is 2.68. The van der Waals surface area contributed by atoms with Crippen LogP contribution in [-0.2, 0) is 9.59 Å². The fraction of sp³-hybridized carbons (Fsp3) is 0.273. The summed E-state index contributed by atoms with van der Waals surface area (Å²) in [6.45, 7) is 0. The van der Waals surface area contributed by atoms with Crippen LogP contribution < -0.4 is 10.1 Å². The maximum atomic E-state index is 11.7. The van der Waals surface area contributed by atoms with Crippen LogP contribution in [0.4, 0.5) is 0 Å². The molecule has 4 nitrogen and oxygen atoms in total. The third-order valence-corrected chi connectivity index (χ3v) is 4.43. The van der Waals surface area contributed by atoms with Crippen LogP contribution in [0.2, 0.25) is 0 Å². The Kier molecular flexibility index (Phi) is 3.99. The largest absolute Gasteiger partial charge is 0.496 e. The van der Waals surface area contributed by atoms with Crippen LogP contribution in [0.15, 0.2) is 21.1 Å². The number of imide groups is 1. The van der Waals surface area contributed by atoms with Gasteiger partial charge in [-0.3, -0.25) is 14.9 Å². The molecule has 96 valence electrons. The average Bonchev–Trinajstić information content (AvgIpc) is 2.55. The minimum absolute atomic E-state index is 0.398. The number of rotatable bonds is 2. The first-order valence-corrected chi connectivity index (χ1v) is 6.99. The predicted molar refractivity (Wildman–Crippen MR) is 73.9 cm³/mol. The average molecular weight is 397 g/mol. The number of carbonyl (C=O) groups excluding carboxylic acids is 2. The quantitative estimate of drug-likeness (QED) is 0.617. The third kappa shape index (κ3) is 2.29. The van der Waals surface area contributed by atoms with E-state index >= 15 is 0 Å². The fourth-order valence-electron chi connectivity index (χ4n) is 1.79. The van der Waals surface area contributed by atoms with E-state index in [9.17, 15) is 9.59 Å². The van der Waals surface area contributed by atoms with E-state index in [1.54, 1.807) is 12.1 Å². The molecule has 1 heterocycles. The van der Waals surface area contributed by atoms with Gasteiger partial charge in [0.2, 0.25) is 11.8 Å². The zero-order valence-corrected chi connectivity index (χ0v) is 13.1. The van der Waals surface area contributed by atoms with Gasteiger partial charge in [-0.1, -0.05) is 15.9 Å². The maximum Gasteiger partial charge on any atom is 0.245 e. The molecule has 2 rings (SSSR count). The van der Waals surface area contributed by atoms with Gasteiger partial charge >= 0.3 is 0 Å². The number of nitrogens with one attached hydrogen (secondary N) is 1. The van der Waals surface area contributed by atoms with Gasteiger partial charge in [0.1, 0.15) is 11.1 Å². The van der Waals surface area contributed by atoms with E-state index in [4.69, 9.17) is 16.3 Å². The lowest BCUT2D eigenvalue weighted by Gasteiger charge is -2.14. The van der Waals surface area contributed by atoms with Crippen molar-refractivity contribution in [3.8, 4) is 5.75 Å². The number of hydrogen-bond acceptors (Lipinski definition) is 3. The Bertz CT molecular complexity index is 535. The van der Waals surface area contributed by atoms with Crippen LogP contribution in [0.3, 0.4) is 0 Å². The van der Waals surface area contributed by atoms with Crippen molar-refractivity contribution in [1.82, 2.24) is 5.32 Å². The number of amides is 2. The fourth-order valence-corrected chi connectivity index (χ4v) is 3.50. The molecule has 1 aliphatic heterocycles. The van der Waals surface area contributed by atoms with Crippen molar-refractivity contribution in [1.29, 1.82) is 0 Å². The predicted octanol–water partition coefficient (Wildman–Crippen LogP) is 2.57. The number of carbonyl (C=O) groups is 2. The molecule has 2 unspecified atom stereocenters. The second-order valence-corrected chi connectivity index (χ2v) is 5.92. The highest BCUT2D eigenvalue weighted by molar-refractivity contribution is 9.11. The Morgan fingerprint density at radius 2 is 1.89 bits per heavy atom. The van der Waals surface area contributed by atoms with Crippen molar-refractivity contribution in [2.24, 2.45) is 0 Å². The van der Waals surface area contributed by atoms with Gasteiger partial charge in [-0.05, 0) is 33.6 Å². The summed E-state index contributed by atoms with van der Waals surface area (Å²) in [4.78, 5) is 23.1. The van der Waals surface area contributed by atoms with E-state index in [-0.39, 0.29) is 0 Å². The number of benzene rings is 1. The van der Waals surface area contributed by atoms with Crippen LogP contribution in [0, 0.1) is 0 Å². The molecule has 1 fully saturated rings. The summed E-state index contributed by atoms with van der Waals surface area (Å²) in [6, 6.07) is 3.44. The molecular weight excluding hydrogens is 389 g/mol. The summed E-state index contributed by atoms with van der Waals surface area (Å²) >= 11 is 12.7. The number of methoxy groups -OCH3 is 1. The molecule has 0 radical (unpaired) electrons. The van der Waals surface area contributed by atoms with E-state index in [1.807, 2.05) is 0 Å². The molecule has 0 aromatic heterocycles. The summed E-state index contributed by atoms with van der Waals surface area (Å²) in [5.41, 5.74) is 0.624. The molecule has 1 N–H and O–H groups in total. The Morgan fingerprint density at radius 3 is 2.39 bits per heavy atom. The monoisotopic (exact) mass is 395 g/mol. The van der Waals surface area contributed by atoms with Gasteiger partial charge in [-0.2, -0.15) is 0 Å². The van der Waals surface area contributed by atoms with Crippen LogP contribution in [-0.4, -0.2) is 24.3 Å². The summed E-state index contributed by atoms with van der Waals surface area (Å²) in [5, 5.41) is 1.31. The molecule has 1 aromatic rings. The molecule has 2 atom stereocenters. The molecular formula is C11H8Br2ClNO3. The van der Waals surface area contributed by atoms with Crippen molar-refractivity contribution in [3.05, 3.63) is 26.6 Å². The molecule has 18 heavy (non-hydrogen) atoms. The van der Waals surface area contributed by atoms with E-state index in [0.717, 1.165) is 4.47 Å². The minimum Gasteiger partial charge on any atom is -0.496 e. The number of ether oxygens (including phenoxy) is 1. The zero-order chi connectivity index (χ0) is 13.4. The van der Waals surface area contributed by atoms with Gasteiger partial charge in [-0.15, -0.1) is 11.6 Å². The van der Waals surface area contributed by atoms with Gasteiger partial charge in [0.05, 0.1) is 17.5 Å². The summed E-state index contributed by atoms with van der Waals surface area (Å²) in [6.07, 6.45) is 0. The molecule has 1 aromatic carbocycles. The number of hydrogen-bond donors (Lipinski definition) is 1. The highest BCUT2D eigenvalue weighted by Crippen LogP contribution is 2.39. The smallest absolute Gasteiger partial charge is 0.245 e. The standard InChI is InChI=1S/C11H8Br2ClNO3/c1-18-7-2-4(5(12)3-6(7)13)8-9(14)11(17)15-10(8)16/h2-3,8-9H,1H3,(H,15,16,17). The van der Waals surface area contributed by atoms with E-state index in [1.165, 1.54) is 7.11 Å². The minimum atomic E-state index is -0.903. The van der Waals surface area contributed by atoms with Gasteiger partial charge in [0.15, 0.2) is 0 Å². The van der Waals surface area contributed by atoms with Crippen molar-refractivity contribution >= 4 is 55.3 Å². The first kappa shape index (κ1) is 13.8. The first-order valence-electron chi connectivity index (χ1n) is 4.97. The highest BCUT2D eigenvalue weighted by Gasteiger charge is 2.42. The molecule has 0 saturated carbocycles. The van der Waals surface area contributed by atoms with Crippen LogP contribution in [0.1, 0.15) is 11.5 Å². The Hall–Kier alpha value is -0.590. The lowest BCUT2D eigenvalue weighted by atomic mass is 9.97. The number of alkyl halides is 1. The van der Waals surface area contributed by atoms with E-state index in [2.05, 4.69) is 37.2 Å². The summed E-state index contributed by atoms with van der Waals surface area (Å²) in [5.74, 6) is -1.01. The second kappa shape index (κ2) is 5.19. The SMILES string of the molecule is COc1cc(C2C(=O)NC(=O)C2Cl)c(Br)cc1Br. The summed E-state index contributed by atoms with van der Waals surface area (Å²) < 4.78 is 6.61.